The molecule has 0 bridgehead atoms. The third-order valence-electron chi connectivity index (χ3n) is 3.77. The molecule has 26 heavy (non-hydrogen) atoms. The molecule has 9 heteroatoms. The van der Waals surface area contributed by atoms with E-state index in [2.05, 4.69) is 10.3 Å². The first kappa shape index (κ1) is 18.3. The molecule has 0 unspecified atom stereocenters. The summed E-state index contributed by atoms with van der Waals surface area (Å²) < 4.78 is 29.8. The maximum atomic E-state index is 12.4. The molecule has 0 radical (unpaired) electrons. The number of thiophene rings is 1. The number of aryl methyl sites for hydroxylation is 2. The SMILES string of the molecule is CCc1sc(C(=O)NNS(=O)(=O)c2ccc3oc(=O)ccc3c2)cc1C. The van der Waals surface area contributed by atoms with E-state index in [1.807, 2.05) is 13.8 Å². The second-order valence-electron chi connectivity index (χ2n) is 5.58. The van der Waals surface area contributed by atoms with Crippen LogP contribution in [0, 0.1) is 6.92 Å². The number of hydrazine groups is 1. The van der Waals surface area contributed by atoms with Crippen LogP contribution < -0.4 is 15.9 Å². The van der Waals surface area contributed by atoms with Crippen molar-refractivity contribution in [2.45, 2.75) is 25.2 Å². The minimum absolute atomic E-state index is 0.0595. The van der Waals surface area contributed by atoms with Gasteiger partial charge < -0.3 is 4.42 Å². The minimum atomic E-state index is -3.97. The molecule has 2 heterocycles. The number of hydrogen-bond donors (Lipinski definition) is 2. The van der Waals surface area contributed by atoms with Gasteiger partial charge in [0.15, 0.2) is 0 Å². The summed E-state index contributed by atoms with van der Waals surface area (Å²) in [5, 5.41) is 0.459. The number of fused-ring (bicyclic) bond motifs is 1. The van der Waals surface area contributed by atoms with Crippen molar-refractivity contribution in [3.63, 3.8) is 0 Å². The van der Waals surface area contributed by atoms with E-state index in [1.165, 1.54) is 41.7 Å². The number of rotatable bonds is 5. The average Bonchev–Trinajstić information content (AvgIpc) is 3.00. The predicted molar refractivity (Wildman–Crippen MR) is 98.7 cm³/mol. The Balaban J connectivity index is 1.79. The van der Waals surface area contributed by atoms with Crippen LogP contribution in [0.3, 0.4) is 0 Å². The largest absolute Gasteiger partial charge is 0.423 e. The van der Waals surface area contributed by atoms with E-state index in [1.54, 1.807) is 6.07 Å². The van der Waals surface area contributed by atoms with Crippen LogP contribution in [0.5, 0.6) is 0 Å². The maximum absolute atomic E-state index is 12.4. The van der Waals surface area contributed by atoms with Crippen LogP contribution in [-0.2, 0) is 16.4 Å². The molecule has 136 valence electrons. The van der Waals surface area contributed by atoms with Gasteiger partial charge in [0.1, 0.15) is 5.58 Å². The zero-order chi connectivity index (χ0) is 18.9. The summed E-state index contributed by atoms with van der Waals surface area (Å²) in [4.78, 5) is 26.9. The highest BCUT2D eigenvalue weighted by Crippen LogP contribution is 2.22. The lowest BCUT2D eigenvalue weighted by molar-refractivity contribution is 0.0949. The van der Waals surface area contributed by atoms with E-state index in [0.29, 0.717) is 10.3 Å². The summed E-state index contributed by atoms with van der Waals surface area (Å²) in [7, 11) is -3.97. The smallest absolute Gasteiger partial charge is 0.336 e. The maximum Gasteiger partial charge on any atom is 0.336 e. The third-order valence-corrected chi connectivity index (χ3v) is 6.39. The number of carbonyl (C=O) groups excluding carboxylic acids is 1. The van der Waals surface area contributed by atoms with Gasteiger partial charge in [-0.05, 0) is 49.2 Å². The Kier molecular flexibility index (Phi) is 4.94. The van der Waals surface area contributed by atoms with Gasteiger partial charge in [-0.1, -0.05) is 6.92 Å². The number of nitrogens with one attached hydrogen (secondary N) is 2. The first-order chi connectivity index (χ1) is 12.3. The molecule has 0 spiro atoms. The Morgan fingerprint density at radius 1 is 1.19 bits per heavy atom. The molecule has 3 aromatic rings. The number of hydrogen-bond acceptors (Lipinski definition) is 6. The second kappa shape index (κ2) is 7.02. The Morgan fingerprint density at radius 3 is 2.65 bits per heavy atom. The topological polar surface area (TPSA) is 105 Å². The van der Waals surface area contributed by atoms with Gasteiger partial charge in [-0.25, -0.2) is 13.2 Å². The van der Waals surface area contributed by atoms with E-state index in [0.717, 1.165) is 16.9 Å². The summed E-state index contributed by atoms with van der Waals surface area (Å²) in [6, 6.07) is 8.45. The Hall–Kier alpha value is -2.49. The van der Waals surface area contributed by atoms with Crippen LogP contribution in [0.1, 0.15) is 27.0 Å². The van der Waals surface area contributed by atoms with Crippen LogP contribution >= 0.6 is 11.3 Å². The highest BCUT2D eigenvalue weighted by atomic mass is 32.2. The molecule has 0 aliphatic rings. The van der Waals surface area contributed by atoms with E-state index in [-0.39, 0.29) is 10.5 Å². The molecule has 0 aliphatic carbocycles. The van der Waals surface area contributed by atoms with Crippen molar-refractivity contribution in [3.05, 3.63) is 62.1 Å². The molecule has 0 fully saturated rings. The monoisotopic (exact) mass is 392 g/mol. The standard InChI is InChI=1S/C17H16N2O5S2/c1-3-14-10(2)8-15(25-14)17(21)18-19-26(22,23)12-5-6-13-11(9-12)4-7-16(20)24-13/h4-9,19H,3H2,1-2H3,(H,18,21). The molecule has 2 aromatic heterocycles. The van der Waals surface area contributed by atoms with Gasteiger partial charge in [0.05, 0.1) is 9.77 Å². The average molecular weight is 392 g/mol. The van der Waals surface area contributed by atoms with Crippen LogP contribution in [0.2, 0.25) is 0 Å². The van der Waals surface area contributed by atoms with Gasteiger partial charge in [0.25, 0.3) is 15.9 Å². The number of sulfonamides is 1. The van der Waals surface area contributed by atoms with Gasteiger partial charge in [0.2, 0.25) is 0 Å². The summed E-state index contributed by atoms with van der Waals surface area (Å²) in [6.07, 6.45) is 0.808. The van der Waals surface area contributed by atoms with Crippen molar-refractivity contribution in [2.24, 2.45) is 0 Å². The zero-order valence-electron chi connectivity index (χ0n) is 14.0. The molecule has 1 aromatic carbocycles. The molecular formula is C17H16N2O5S2. The normalized spacial score (nSPS) is 11.6. The van der Waals surface area contributed by atoms with Crippen molar-refractivity contribution in [1.82, 2.24) is 10.3 Å². The first-order valence-electron chi connectivity index (χ1n) is 7.75. The fraction of sp³-hybridized carbons (Fsp3) is 0.176. The molecule has 2 N–H and O–H groups in total. The van der Waals surface area contributed by atoms with Gasteiger partial charge in [0, 0.05) is 16.3 Å². The van der Waals surface area contributed by atoms with E-state index in [4.69, 9.17) is 4.42 Å². The summed E-state index contributed by atoms with van der Waals surface area (Å²) in [5.41, 5.74) is 2.98. The van der Waals surface area contributed by atoms with Crippen molar-refractivity contribution in [1.29, 1.82) is 0 Å². The van der Waals surface area contributed by atoms with Crippen molar-refractivity contribution in [2.75, 3.05) is 0 Å². The summed E-state index contributed by atoms with van der Waals surface area (Å²) >= 11 is 1.33. The van der Waals surface area contributed by atoms with Crippen molar-refractivity contribution < 1.29 is 17.6 Å². The quantitative estimate of drug-likeness (QED) is 0.512. The Morgan fingerprint density at radius 2 is 1.96 bits per heavy atom. The fourth-order valence-corrected chi connectivity index (χ4v) is 4.32. The van der Waals surface area contributed by atoms with Crippen LogP contribution in [0.25, 0.3) is 11.0 Å². The fourth-order valence-electron chi connectivity index (χ4n) is 2.43. The Bertz CT molecular complexity index is 1150. The Labute approximate surface area is 153 Å². The van der Waals surface area contributed by atoms with Crippen LogP contribution in [0.15, 0.2) is 50.5 Å². The zero-order valence-corrected chi connectivity index (χ0v) is 15.7. The summed E-state index contributed by atoms with van der Waals surface area (Å²) in [5.74, 6) is -0.520. The number of benzene rings is 1. The molecule has 0 aliphatic heterocycles. The van der Waals surface area contributed by atoms with Gasteiger partial charge >= 0.3 is 5.63 Å². The van der Waals surface area contributed by atoms with Gasteiger partial charge in [-0.2, -0.15) is 0 Å². The second-order valence-corrected chi connectivity index (χ2v) is 8.40. The third kappa shape index (κ3) is 3.69. The lowest BCUT2D eigenvalue weighted by atomic mass is 10.2. The van der Waals surface area contributed by atoms with Crippen molar-refractivity contribution in [3.8, 4) is 0 Å². The molecule has 7 nitrogen and oxygen atoms in total. The summed E-state index contributed by atoms with van der Waals surface area (Å²) in [6.45, 7) is 3.90. The molecule has 0 saturated carbocycles. The lowest BCUT2D eigenvalue weighted by Gasteiger charge is -2.08. The molecule has 0 saturated heterocycles. The van der Waals surface area contributed by atoms with E-state index < -0.39 is 21.6 Å². The van der Waals surface area contributed by atoms with Gasteiger partial charge in [-0.3, -0.25) is 10.2 Å². The van der Waals surface area contributed by atoms with Crippen molar-refractivity contribution >= 4 is 38.2 Å². The molecule has 0 atom stereocenters. The van der Waals surface area contributed by atoms with Crippen LogP contribution in [0.4, 0.5) is 0 Å². The predicted octanol–water partition coefficient (Wildman–Crippen LogP) is 2.35. The highest BCUT2D eigenvalue weighted by Gasteiger charge is 2.18. The molecule has 3 rings (SSSR count). The first-order valence-corrected chi connectivity index (χ1v) is 10.1. The number of amides is 1. The van der Waals surface area contributed by atoms with Gasteiger partial charge in [-0.15, -0.1) is 16.2 Å². The lowest BCUT2D eigenvalue weighted by Crippen LogP contribution is -2.41. The highest BCUT2D eigenvalue weighted by molar-refractivity contribution is 7.89. The number of carbonyl (C=O) groups is 1. The van der Waals surface area contributed by atoms with Crippen LogP contribution in [-0.4, -0.2) is 14.3 Å². The van der Waals surface area contributed by atoms with E-state index >= 15 is 0 Å². The molecular weight excluding hydrogens is 376 g/mol. The molecule has 1 amide bonds. The minimum Gasteiger partial charge on any atom is -0.423 e. The van der Waals surface area contributed by atoms with E-state index in [9.17, 15) is 18.0 Å².